The van der Waals surface area contributed by atoms with Crippen molar-refractivity contribution in [3.05, 3.63) is 23.5 Å². The summed E-state index contributed by atoms with van der Waals surface area (Å²) in [5, 5.41) is 12.9. The average molecular weight is 298 g/mol. The number of aromatic carboxylic acids is 1. The van der Waals surface area contributed by atoms with Crippen LogP contribution in [0.1, 0.15) is 36.5 Å². The zero-order valence-electron chi connectivity index (χ0n) is 11.4. The number of nitrogens with two attached hydrogens (primary N) is 1. The first kappa shape index (κ1) is 15.0. The summed E-state index contributed by atoms with van der Waals surface area (Å²) in [6.45, 7) is 2.11. The Balaban J connectivity index is 2.25. The van der Waals surface area contributed by atoms with Gasteiger partial charge in [-0.25, -0.2) is 9.18 Å². The van der Waals surface area contributed by atoms with E-state index in [0.29, 0.717) is 10.9 Å². The number of carboxylic acids is 1. The molecule has 4 nitrogen and oxygen atoms in total. The standard InChI is InChI=1S/C14H19FN2O2S/c1-2-20-11-5-3-4-9(11)17-10-7-6-8(15)13(16)12(10)14(18)19/h6-7,9,11,17H,2-5,16H2,1H3,(H,18,19). The fourth-order valence-corrected chi connectivity index (χ4v) is 3.85. The second-order valence-electron chi connectivity index (χ2n) is 4.86. The normalized spacial score (nSPS) is 21.9. The highest BCUT2D eigenvalue weighted by atomic mass is 32.2. The monoisotopic (exact) mass is 298 g/mol. The molecule has 1 fully saturated rings. The van der Waals surface area contributed by atoms with Crippen molar-refractivity contribution in [1.29, 1.82) is 0 Å². The van der Waals surface area contributed by atoms with Gasteiger partial charge in [0.25, 0.3) is 0 Å². The maximum absolute atomic E-state index is 13.4. The Labute approximate surface area is 121 Å². The van der Waals surface area contributed by atoms with E-state index in [1.54, 1.807) is 0 Å². The number of nitrogen functional groups attached to an aromatic ring is 1. The first-order chi connectivity index (χ1) is 9.54. The van der Waals surface area contributed by atoms with Gasteiger partial charge < -0.3 is 16.2 Å². The summed E-state index contributed by atoms with van der Waals surface area (Å²) in [4.78, 5) is 11.3. The third-order valence-electron chi connectivity index (χ3n) is 3.58. The highest BCUT2D eigenvalue weighted by Crippen LogP contribution is 2.34. The molecule has 0 spiro atoms. The molecule has 1 saturated carbocycles. The number of nitrogens with one attached hydrogen (secondary N) is 1. The Morgan fingerprint density at radius 2 is 2.30 bits per heavy atom. The second-order valence-corrected chi connectivity index (χ2v) is 6.38. The largest absolute Gasteiger partial charge is 0.478 e. The van der Waals surface area contributed by atoms with E-state index < -0.39 is 11.8 Å². The van der Waals surface area contributed by atoms with Gasteiger partial charge in [-0.15, -0.1) is 0 Å². The number of hydrogen-bond donors (Lipinski definition) is 3. The van der Waals surface area contributed by atoms with Crippen LogP contribution in [0.2, 0.25) is 0 Å². The molecule has 2 rings (SSSR count). The van der Waals surface area contributed by atoms with E-state index in [1.807, 2.05) is 11.8 Å². The Kier molecular flexibility index (Phi) is 4.75. The van der Waals surface area contributed by atoms with Gasteiger partial charge in [0.1, 0.15) is 11.4 Å². The smallest absolute Gasteiger partial charge is 0.340 e. The highest BCUT2D eigenvalue weighted by molar-refractivity contribution is 7.99. The number of benzene rings is 1. The molecule has 20 heavy (non-hydrogen) atoms. The van der Waals surface area contributed by atoms with Crippen LogP contribution in [0.25, 0.3) is 0 Å². The van der Waals surface area contributed by atoms with Gasteiger partial charge in [-0.05, 0) is 30.7 Å². The van der Waals surface area contributed by atoms with Crippen molar-refractivity contribution in [2.45, 2.75) is 37.5 Å². The van der Waals surface area contributed by atoms with Gasteiger partial charge in [0.2, 0.25) is 0 Å². The molecular formula is C14H19FN2O2S. The van der Waals surface area contributed by atoms with Crippen LogP contribution < -0.4 is 11.1 Å². The van der Waals surface area contributed by atoms with Gasteiger partial charge in [-0.3, -0.25) is 0 Å². The molecule has 1 aromatic carbocycles. The van der Waals surface area contributed by atoms with Gasteiger partial charge in [0.15, 0.2) is 0 Å². The quantitative estimate of drug-likeness (QED) is 0.728. The molecule has 0 saturated heterocycles. The molecule has 110 valence electrons. The molecule has 1 aliphatic rings. The van der Waals surface area contributed by atoms with Crippen LogP contribution in [-0.4, -0.2) is 28.1 Å². The summed E-state index contributed by atoms with van der Waals surface area (Å²) in [6, 6.07) is 2.88. The van der Waals surface area contributed by atoms with E-state index in [9.17, 15) is 14.3 Å². The van der Waals surface area contributed by atoms with E-state index in [2.05, 4.69) is 12.2 Å². The number of carbonyl (C=O) groups is 1. The molecule has 1 aromatic rings. The molecule has 4 N–H and O–H groups in total. The Morgan fingerprint density at radius 1 is 1.55 bits per heavy atom. The Hall–Kier alpha value is -1.43. The van der Waals surface area contributed by atoms with E-state index in [0.717, 1.165) is 25.0 Å². The van der Waals surface area contributed by atoms with Gasteiger partial charge in [-0.1, -0.05) is 13.3 Å². The molecule has 6 heteroatoms. The lowest BCUT2D eigenvalue weighted by molar-refractivity contribution is 0.0698. The van der Waals surface area contributed by atoms with Gasteiger partial charge in [0, 0.05) is 11.3 Å². The van der Waals surface area contributed by atoms with E-state index >= 15 is 0 Å². The number of anilines is 2. The van der Waals surface area contributed by atoms with Crippen LogP contribution in [-0.2, 0) is 0 Å². The van der Waals surface area contributed by atoms with E-state index in [1.165, 1.54) is 12.1 Å². The van der Waals surface area contributed by atoms with Crippen LogP contribution in [0.4, 0.5) is 15.8 Å². The van der Waals surface area contributed by atoms with Crippen molar-refractivity contribution < 1.29 is 14.3 Å². The van der Waals surface area contributed by atoms with Gasteiger partial charge >= 0.3 is 5.97 Å². The average Bonchev–Trinajstić information content (AvgIpc) is 2.81. The minimum Gasteiger partial charge on any atom is -0.478 e. The molecule has 1 aliphatic carbocycles. The lowest BCUT2D eigenvalue weighted by Crippen LogP contribution is -2.27. The maximum atomic E-state index is 13.4. The third kappa shape index (κ3) is 3.00. The summed E-state index contributed by atoms with van der Waals surface area (Å²) in [5.41, 5.74) is 5.48. The van der Waals surface area contributed by atoms with Crippen LogP contribution >= 0.6 is 11.8 Å². The minimum absolute atomic E-state index is 0.169. The number of rotatable bonds is 5. The van der Waals surface area contributed by atoms with Crippen molar-refractivity contribution in [3.8, 4) is 0 Å². The number of hydrogen-bond acceptors (Lipinski definition) is 4. The highest BCUT2D eigenvalue weighted by Gasteiger charge is 2.28. The summed E-state index contributed by atoms with van der Waals surface area (Å²) < 4.78 is 13.4. The van der Waals surface area contributed by atoms with Crippen molar-refractivity contribution >= 4 is 29.1 Å². The van der Waals surface area contributed by atoms with Crippen molar-refractivity contribution in [3.63, 3.8) is 0 Å². The second kappa shape index (κ2) is 6.35. The zero-order valence-corrected chi connectivity index (χ0v) is 12.2. The number of halogens is 1. The molecule has 2 atom stereocenters. The number of thioether (sulfide) groups is 1. The summed E-state index contributed by atoms with van der Waals surface area (Å²) in [7, 11) is 0. The van der Waals surface area contributed by atoms with Crippen molar-refractivity contribution in [2.24, 2.45) is 0 Å². The minimum atomic E-state index is -1.21. The van der Waals surface area contributed by atoms with Crippen LogP contribution in [0.3, 0.4) is 0 Å². The molecule has 2 unspecified atom stereocenters. The Bertz CT molecular complexity index is 510. The molecule has 0 bridgehead atoms. The fourth-order valence-electron chi connectivity index (χ4n) is 2.65. The fraction of sp³-hybridized carbons (Fsp3) is 0.500. The summed E-state index contributed by atoms with van der Waals surface area (Å²) in [5.74, 6) is -0.874. The molecular weight excluding hydrogens is 279 g/mol. The zero-order chi connectivity index (χ0) is 14.7. The SMILES string of the molecule is CCSC1CCCC1Nc1ccc(F)c(N)c1C(=O)O. The predicted octanol–water partition coefficient (Wildman–Crippen LogP) is 3.19. The molecule has 0 heterocycles. The van der Waals surface area contributed by atoms with Gasteiger partial charge in [0.05, 0.1) is 11.4 Å². The van der Waals surface area contributed by atoms with Crippen molar-refractivity contribution in [1.82, 2.24) is 0 Å². The lowest BCUT2D eigenvalue weighted by atomic mass is 10.1. The van der Waals surface area contributed by atoms with Crippen molar-refractivity contribution in [2.75, 3.05) is 16.8 Å². The molecule has 0 amide bonds. The molecule has 0 aromatic heterocycles. The van der Waals surface area contributed by atoms with Crippen LogP contribution in [0.15, 0.2) is 12.1 Å². The predicted molar refractivity (Wildman–Crippen MR) is 81.0 cm³/mol. The first-order valence-corrected chi connectivity index (χ1v) is 7.78. The number of carboxylic acid groups (broad SMARTS) is 1. The van der Waals surface area contributed by atoms with E-state index in [4.69, 9.17) is 5.73 Å². The third-order valence-corrected chi connectivity index (χ3v) is 4.91. The van der Waals surface area contributed by atoms with Gasteiger partial charge in [-0.2, -0.15) is 11.8 Å². The van der Waals surface area contributed by atoms with Crippen LogP contribution in [0, 0.1) is 5.82 Å². The Morgan fingerprint density at radius 3 is 2.95 bits per heavy atom. The van der Waals surface area contributed by atoms with Crippen LogP contribution in [0.5, 0.6) is 0 Å². The summed E-state index contributed by atoms with van der Waals surface area (Å²) in [6.07, 6.45) is 3.23. The van der Waals surface area contributed by atoms with E-state index in [-0.39, 0.29) is 17.3 Å². The first-order valence-electron chi connectivity index (χ1n) is 6.74. The lowest BCUT2D eigenvalue weighted by Gasteiger charge is -2.22. The topological polar surface area (TPSA) is 75.3 Å². The maximum Gasteiger partial charge on any atom is 0.340 e. The summed E-state index contributed by atoms with van der Waals surface area (Å²) >= 11 is 1.87. The molecule has 0 radical (unpaired) electrons. The molecule has 0 aliphatic heterocycles.